The van der Waals surface area contributed by atoms with Crippen molar-refractivity contribution in [1.82, 2.24) is 34.8 Å². The third kappa shape index (κ3) is 2.71. The fraction of sp³-hybridized carbons (Fsp3) is 0.400. The maximum atomic E-state index is 13.0. The maximum absolute atomic E-state index is 13.0. The molecule has 1 N–H and O–H groups in total. The molecule has 1 fully saturated rings. The van der Waals surface area contributed by atoms with Gasteiger partial charge in [0.05, 0.1) is 18.3 Å². The molecule has 1 amide bonds. The number of carbonyl (C=O) groups is 1. The van der Waals surface area contributed by atoms with E-state index in [9.17, 15) is 4.79 Å². The molecule has 1 saturated heterocycles. The Hall–Kier alpha value is -2.55. The fourth-order valence-electron chi connectivity index (χ4n) is 3.05. The van der Waals surface area contributed by atoms with Crippen LogP contribution in [0.25, 0.3) is 10.8 Å². The summed E-state index contributed by atoms with van der Waals surface area (Å²) in [7, 11) is 0. The number of likely N-dealkylation sites (tertiary alicyclic amines) is 1. The maximum Gasteiger partial charge on any atom is 0.266 e. The summed E-state index contributed by atoms with van der Waals surface area (Å²) < 4.78 is 1.88. The minimum Gasteiger partial charge on any atom is -0.333 e. The van der Waals surface area contributed by atoms with Crippen LogP contribution in [0.4, 0.5) is 0 Å². The van der Waals surface area contributed by atoms with Crippen molar-refractivity contribution < 1.29 is 4.79 Å². The van der Waals surface area contributed by atoms with Crippen LogP contribution in [0.5, 0.6) is 0 Å². The summed E-state index contributed by atoms with van der Waals surface area (Å²) in [6.07, 6.45) is 7.15. The average molecular weight is 343 g/mol. The minimum atomic E-state index is 0.0467. The van der Waals surface area contributed by atoms with E-state index < -0.39 is 0 Å². The SMILES string of the molecule is Cc1nc(-c2ncn[nH]2)sc1C(=O)N1CCCC1Cn1cccn1. The summed E-state index contributed by atoms with van der Waals surface area (Å²) in [6, 6.07) is 2.07. The van der Waals surface area contributed by atoms with Crippen LogP contribution >= 0.6 is 11.3 Å². The fourth-order valence-corrected chi connectivity index (χ4v) is 4.02. The van der Waals surface area contributed by atoms with Crippen molar-refractivity contribution in [3.63, 3.8) is 0 Å². The van der Waals surface area contributed by atoms with Gasteiger partial charge in [0.2, 0.25) is 0 Å². The van der Waals surface area contributed by atoms with Gasteiger partial charge in [0.25, 0.3) is 5.91 Å². The van der Waals surface area contributed by atoms with Gasteiger partial charge in [-0.2, -0.15) is 10.2 Å². The lowest BCUT2D eigenvalue weighted by Crippen LogP contribution is -2.38. The second-order valence-electron chi connectivity index (χ2n) is 5.79. The van der Waals surface area contributed by atoms with Gasteiger partial charge in [0, 0.05) is 18.9 Å². The molecule has 4 rings (SSSR count). The number of amides is 1. The van der Waals surface area contributed by atoms with Gasteiger partial charge >= 0.3 is 0 Å². The number of hydrogen-bond donors (Lipinski definition) is 1. The number of aromatic amines is 1. The molecule has 3 aromatic heterocycles. The van der Waals surface area contributed by atoms with Crippen molar-refractivity contribution in [2.45, 2.75) is 32.4 Å². The van der Waals surface area contributed by atoms with E-state index in [0.29, 0.717) is 15.7 Å². The van der Waals surface area contributed by atoms with E-state index >= 15 is 0 Å². The summed E-state index contributed by atoms with van der Waals surface area (Å²) in [6.45, 7) is 3.37. The van der Waals surface area contributed by atoms with Gasteiger partial charge in [-0.05, 0) is 25.8 Å². The van der Waals surface area contributed by atoms with Crippen molar-refractivity contribution in [3.8, 4) is 10.8 Å². The van der Waals surface area contributed by atoms with E-state index in [4.69, 9.17) is 0 Å². The van der Waals surface area contributed by atoms with Crippen molar-refractivity contribution >= 4 is 17.2 Å². The molecular formula is C15H17N7OS. The molecule has 0 saturated carbocycles. The average Bonchev–Trinajstić information content (AvgIpc) is 3.35. The third-order valence-electron chi connectivity index (χ3n) is 4.20. The molecule has 4 heterocycles. The third-order valence-corrected chi connectivity index (χ3v) is 5.36. The van der Waals surface area contributed by atoms with Gasteiger partial charge in [-0.1, -0.05) is 0 Å². The van der Waals surface area contributed by atoms with Crippen LogP contribution in [-0.4, -0.2) is 53.3 Å². The smallest absolute Gasteiger partial charge is 0.266 e. The zero-order valence-corrected chi connectivity index (χ0v) is 14.0. The molecule has 24 heavy (non-hydrogen) atoms. The zero-order chi connectivity index (χ0) is 16.5. The summed E-state index contributed by atoms with van der Waals surface area (Å²) in [5, 5.41) is 11.6. The predicted octanol–water partition coefficient (Wildman–Crippen LogP) is 1.74. The van der Waals surface area contributed by atoms with Gasteiger partial charge in [-0.25, -0.2) is 9.97 Å². The van der Waals surface area contributed by atoms with E-state index in [2.05, 4.69) is 25.3 Å². The van der Waals surface area contributed by atoms with Crippen molar-refractivity contribution in [2.75, 3.05) is 6.54 Å². The van der Waals surface area contributed by atoms with Crippen LogP contribution in [-0.2, 0) is 6.54 Å². The van der Waals surface area contributed by atoms with E-state index in [1.807, 2.05) is 28.8 Å². The zero-order valence-electron chi connectivity index (χ0n) is 13.2. The van der Waals surface area contributed by atoms with Gasteiger partial charge in [-0.3, -0.25) is 14.6 Å². The Morgan fingerprint density at radius 1 is 1.50 bits per heavy atom. The number of carbonyl (C=O) groups excluding carboxylic acids is 1. The standard InChI is InChI=1S/C15H17N7OS/c1-10-12(24-14(19-10)13-16-9-17-20-13)15(23)22-7-2-4-11(22)8-21-6-3-5-18-21/h3,5-6,9,11H,2,4,7-8H2,1H3,(H,16,17,20). The highest BCUT2D eigenvalue weighted by Crippen LogP contribution is 2.29. The number of thiazole rings is 1. The second kappa shape index (κ2) is 6.16. The van der Waals surface area contributed by atoms with Crippen LogP contribution in [0.1, 0.15) is 28.2 Å². The number of rotatable bonds is 4. The van der Waals surface area contributed by atoms with E-state index in [1.54, 1.807) is 6.20 Å². The largest absolute Gasteiger partial charge is 0.333 e. The first-order valence-electron chi connectivity index (χ1n) is 7.84. The Bertz CT molecular complexity index is 824. The Labute approximate surface area is 142 Å². The van der Waals surface area contributed by atoms with Crippen LogP contribution < -0.4 is 0 Å². The van der Waals surface area contributed by atoms with Gasteiger partial charge in [0.15, 0.2) is 10.8 Å². The van der Waals surface area contributed by atoms with Gasteiger partial charge in [-0.15, -0.1) is 11.3 Å². The number of aromatic nitrogens is 6. The minimum absolute atomic E-state index is 0.0467. The highest BCUT2D eigenvalue weighted by Gasteiger charge is 2.32. The quantitative estimate of drug-likeness (QED) is 0.779. The molecule has 0 aliphatic carbocycles. The molecule has 8 nitrogen and oxygen atoms in total. The molecular weight excluding hydrogens is 326 g/mol. The van der Waals surface area contributed by atoms with Crippen LogP contribution in [0, 0.1) is 6.92 Å². The van der Waals surface area contributed by atoms with Crippen molar-refractivity contribution in [1.29, 1.82) is 0 Å². The highest BCUT2D eigenvalue weighted by atomic mass is 32.1. The first-order valence-corrected chi connectivity index (χ1v) is 8.65. The summed E-state index contributed by atoms with van der Waals surface area (Å²) in [4.78, 5) is 24.2. The molecule has 3 aromatic rings. The Balaban J connectivity index is 1.56. The lowest BCUT2D eigenvalue weighted by Gasteiger charge is -2.24. The van der Waals surface area contributed by atoms with E-state index in [1.165, 1.54) is 17.7 Å². The topological polar surface area (TPSA) is 92.6 Å². The van der Waals surface area contributed by atoms with E-state index in [0.717, 1.165) is 31.6 Å². The second-order valence-corrected chi connectivity index (χ2v) is 6.79. The number of nitrogens with zero attached hydrogens (tertiary/aromatic N) is 6. The number of H-pyrrole nitrogens is 1. The highest BCUT2D eigenvalue weighted by molar-refractivity contribution is 7.17. The molecule has 0 spiro atoms. The normalized spacial score (nSPS) is 17.5. The lowest BCUT2D eigenvalue weighted by molar-refractivity contribution is 0.0725. The van der Waals surface area contributed by atoms with Crippen LogP contribution in [0.15, 0.2) is 24.8 Å². The Kier molecular flexibility index (Phi) is 3.85. The number of aryl methyl sites for hydroxylation is 1. The Morgan fingerprint density at radius 3 is 3.17 bits per heavy atom. The van der Waals surface area contributed by atoms with Crippen molar-refractivity contribution in [2.24, 2.45) is 0 Å². The monoisotopic (exact) mass is 343 g/mol. The molecule has 1 unspecified atom stereocenters. The molecule has 1 aliphatic heterocycles. The molecule has 0 aromatic carbocycles. The van der Waals surface area contributed by atoms with Gasteiger partial charge < -0.3 is 4.90 Å². The predicted molar refractivity (Wildman–Crippen MR) is 88.5 cm³/mol. The molecule has 1 atom stereocenters. The first kappa shape index (κ1) is 15.0. The summed E-state index contributed by atoms with van der Waals surface area (Å²) in [5.74, 6) is 0.641. The van der Waals surface area contributed by atoms with E-state index in [-0.39, 0.29) is 11.9 Å². The van der Waals surface area contributed by atoms with Crippen LogP contribution in [0.3, 0.4) is 0 Å². The Morgan fingerprint density at radius 2 is 2.42 bits per heavy atom. The molecule has 0 radical (unpaired) electrons. The summed E-state index contributed by atoms with van der Waals surface area (Å²) in [5.41, 5.74) is 0.737. The first-order chi connectivity index (χ1) is 11.7. The van der Waals surface area contributed by atoms with Gasteiger partial charge in [0.1, 0.15) is 11.2 Å². The number of nitrogens with one attached hydrogen (secondary N) is 1. The van der Waals surface area contributed by atoms with Crippen molar-refractivity contribution in [3.05, 3.63) is 35.4 Å². The molecule has 0 bridgehead atoms. The molecule has 1 aliphatic rings. The lowest BCUT2D eigenvalue weighted by atomic mass is 10.2. The van der Waals surface area contributed by atoms with Crippen LogP contribution in [0.2, 0.25) is 0 Å². The summed E-state index contributed by atoms with van der Waals surface area (Å²) >= 11 is 1.36. The molecule has 124 valence electrons. The molecule has 9 heteroatoms. The number of hydrogen-bond acceptors (Lipinski definition) is 6.